The molecule has 0 saturated heterocycles. The van der Waals surface area contributed by atoms with Crippen molar-refractivity contribution in [2.45, 2.75) is 0 Å². The van der Waals surface area contributed by atoms with Crippen LogP contribution in [-0.2, 0) is 0 Å². The van der Waals surface area contributed by atoms with Crippen LogP contribution in [0.5, 0.6) is 0 Å². The maximum Gasteiger partial charge on any atom is 0.336 e. The Morgan fingerprint density at radius 1 is 0.826 bits per heavy atom. The number of nitrogens with zero attached hydrogens (tertiary/aromatic N) is 1. The maximum absolute atomic E-state index is 11.5. The molecule has 0 atom stereocenters. The Labute approximate surface area is 134 Å². The average Bonchev–Trinajstić information content (AvgIpc) is 2.62. The smallest absolute Gasteiger partial charge is 0.336 e. The van der Waals surface area contributed by atoms with Crippen LogP contribution in [0, 0.1) is 11.3 Å². The second kappa shape index (κ2) is 6.17. The van der Waals surface area contributed by atoms with Gasteiger partial charge in [0.15, 0.2) is 0 Å². The fraction of sp³-hybridized carbons (Fsp3) is 0. The first-order valence-electron chi connectivity index (χ1n) is 7.13. The predicted octanol–water partition coefficient (Wildman–Crippen LogP) is 4.59. The van der Waals surface area contributed by atoms with Gasteiger partial charge in [0, 0.05) is 0 Å². The highest BCUT2D eigenvalue weighted by Gasteiger charge is 2.15. The van der Waals surface area contributed by atoms with E-state index >= 15 is 0 Å². The zero-order valence-corrected chi connectivity index (χ0v) is 12.2. The zero-order chi connectivity index (χ0) is 16.2. The normalized spacial score (nSPS) is 10.0. The predicted molar refractivity (Wildman–Crippen MR) is 89.0 cm³/mol. The third-order valence-electron chi connectivity index (χ3n) is 3.68. The van der Waals surface area contributed by atoms with Crippen molar-refractivity contribution >= 4 is 5.97 Å². The van der Waals surface area contributed by atoms with Crippen molar-refractivity contribution in [3.8, 4) is 28.3 Å². The van der Waals surface area contributed by atoms with Gasteiger partial charge in [-0.25, -0.2) is 4.79 Å². The van der Waals surface area contributed by atoms with Crippen LogP contribution < -0.4 is 0 Å². The Bertz CT molecular complexity index is 908. The van der Waals surface area contributed by atoms with E-state index in [0.717, 1.165) is 16.7 Å². The molecule has 0 aliphatic heterocycles. The highest BCUT2D eigenvalue weighted by molar-refractivity contribution is 5.99. The second-order valence-electron chi connectivity index (χ2n) is 5.09. The van der Waals surface area contributed by atoms with Crippen LogP contribution >= 0.6 is 0 Å². The fourth-order valence-corrected chi connectivity index (χ4v) is 2.61. The van der Waals surface area contributed by atoms with E-state index in [-0.39, 0.29) is 5.56 Å². The molecule has 3 rings (SSSR count). The number of carboxylic acid groups (broad SMARTS) is 1. The zero-order valence-electron chi connectivity index (χ0n) is 12.2. The lowest BCUT2D eigenvalue weighted by Crippen LogP contribution is -2.00. The molecule has 0 heterocycles. The molecule has 0 aliphatic rings. The summed E-state index contributed by atoms with van der Waals surface area (Å²) < 4.78 is 0. The maximum atomic E-state index is 11.5. The molecule has 0 amide bonds. The highest BCUT2D eigenvalue weighted by Crippen LogP contribution is 2.34. The highest BCUT2D eigenvalue weighted by atomic mass is 16.4. The molecule has 110 valence electrons. The number of hydrogen-bond acceptors (Lipinski definition) is 2. The van der Waals surface area contributed by atoms with Crippen LogP contribution in [0.3, 0.4) is 0 Å². The van der Waals surface area contributed by atoms with Crippen LogP contribution in [0.2, 0.25) is 0 Å². The number of nitriles is 1. The van der Waals surface area contributed by atoms with Gasteiger partial charge in [-0.05, 0) is 40.5 Å². The summed E-state index contributed by atoms with van der Waals surface area (Å²) in [7, 11) is 0. The number of carboxylic acids is 1. The summed E-state index contributed by atoms with van der Waals surface area (Å²) in [6.07, 6.45) is 0. The molecule has 3 nitrogen and oxygen atoms in total. The molecule has 3 heteroatoms. The number of aromatic carboxylic acids is 1. The molecule has 0 saturated carbocycles. The van der Waals surface area contributed by atoms with Gasteiger partial charge in [0.05, 0.1) is 17.2 Å². The van der Waals surface area contributed by atoms with E-state index in [9.17, 15) is 15.2 Å². The van der Waals surface area contributed by atoms with Crippen molar-refractivity contribution in [2.75, 3.05) is 0 Å². The molecule has 3 aromatic rings. The molecule has 1 N–H and O–H groups in total. The Balaban J connectivity index is 2.31. The summed E-state index contributed by atoms with van der Waals surface area (Å²) in [5.74, 6) is -0.984. The Kier molecular flexibility index (Phi) is 3.90. The van der Waals surface area contributed by atoms with Gasteiger partial charge in [-0.2, -0.15) is 5.26 Å². The lowest BCUT2D eigenvalue weighted by molar-refractivity contribution is 0.0697. The van der Waals surface area contributed by atoms with Gasteiger partial charge in [-0.1, -0.05) is 54.6 Å². The van der Waals surface area contributed by atoms with Crippen molar-refractivity contribution < 1.29 is 9.90 Å². The van der Waals surface area contributed by atoms with Gasteiger partial charge in [0.1, 0.15) is 0 Å². The molecule has 23 heavy (non-hydrogen) atoms. The molecular formula is C20H13NO2. The van der Waals surface area contributed by atoms with Crippen LogP contribution in [0.1, 0.15) is 15.9 Å². The average molecular weight is 299 g/mol. The van der Waals surface area contributed by atoms with Crippen LogP contribution in [0.15, 0.2) is 72.8 Å². The molecule has 0 fully saturated rings. The molecule has 0 bridgehead atoms. The Hall–Kier alpha value is -3.38. The number of carbonyl (C=O) groups is 1. The van der Waals surface area contributed by atoms with E-state index in [0.29, 0.717) is 11.1 Å². The third-order valence-corrected chi connectivity index (χ3v) is 3.68. The van der Waals surface area contributed by atoms with Gasteiger partial charge in [0.2, 0.25) is 0 Å². The standard InChI is InChI=1S/C20H13NO2/c21-13-14-10-11-16(15-6-2-1-3-7-15)19(12-14)17-8-4-5-9-18(17)20(22)23/h1-12H,(H,22,23). The molecule has 0 aliphatic carbocycles. The van der Waals surface area contributed by atoms with Crippen LogP contribution in [0.4, 0.5) is 0 Å². The van der Waals surface area contributed by atoms with E-state index in [1.807, 2.05) is 36.4 Å². The van der Waals surface area contributed by atoms with Crippen molar-refractivity contribution in [3.05, 3.63) is 83.9 Å². The summed E-state index contributed by atoms with van der Waals surface area (Å²) in [4.78, 5) is 11.5. The number of rotatable bonds is 3. The molecule has 3 aromatic carbocycles. The minimum Gasteiger partial charge on any atom is -0.478 e. The molecule has 0 unspecified atom stereocenters. The van der Waals surface area contributed by atoms with Gasteiger partial charge >= 0.3 is 5.97 Å². The Morgan fingerprint density at radius 3 is 2.22 bits per heavy atom. The van der Waals surface area contributed by atoms with Crippen LogP contribution in [0.25, 0.3) is 22.3 Å². The lowest BCUT2D eigenvalue weighted by atomic mass is 9.90. The van der Waals surface area contributed by atoms with E-state index in [2.05, 4.69) is 6.07 Å². The topological polar surface area (TPSA) is 61.1 Å². The number of hydrogen-bond donors (Lipinski definition) is 1. The van der Waals surface area contributed by atoms with Crippen molar-refractivity contribution in [1.29, 1.82) is 5.26 Å². The summed E-state index contributed by atoms with van der Waals surface area (Å²) in [5.41, 5.74) is 3.95. The van der Waals surface area contributed by atoms with E-state index in [4.69, 9.17) is 0 Å². The largest absolute Gasteiger partial charge is 0.478 e. The number of benzene rings is 3. The first kappa shape index (κ1) is 14.6. The summed E-state index contributed by atoms with van der Waals surface area (Å²) in [6.45, 7) is 0. The van der Waals surface area contributed by atoms with Crippen molar-refractivity contribution in [3.63, 3.8) is 0 Å². The summed E-state index contributed by atoms with van der Waals surface area (Å²) >= 11 is 0. The first-order chi connectivity index (χ1) is 11.2. The molecular weight excluding hydrogens is 286 g/mol. The SMILES string of the molecule is N#Cc1ccc(-c2ccccc2)c(-c2ccccc2C(=O)O)c1. The lowest BCUT2D eigenvalue weighted by Gasteiger charge is -2.13. The van der Waals surface area contributed by atoms with Crippen molar-refractivity contribution in [1.82, 2.24) is 0 Å². The molecule has 0 aromatic heterocycles. The van der Waals surface area contributed by atoms with Gasteiger partial charge in [-0.3, -0.25) is 0 Å². The summed E-state index contributed by atoms with van der Waals surface area (Å²) in [6, 6.07) is 24.0. The minimum absolute atomic E-state index is 0.222. The fourth-order valence-electron chi connectivity index (χ4n) is 2.61. The van der Waals surface area contributed by atoms with Crippen LogP contribution in [-0.4, -0.2) is 11.1 Å². The molecule has 0 radical (unpaired) electrons. The quantitative estimate of drug-likeness (QED) is 0.769. The van der Waals surface area contributed by atoms with E-state index in [1.165, 1.54) is 0 Å². The van der Waals surface area contributed by atoms with E-state index < -0.39 is 5.97 Å². The van der Waals surface area contributed by atoms with Gasteiger partial charge in [0.25, 0.3) is 0 Å². The van der Waals surface area contributed by atoms with Gasteiger partial charge in [-0.15, -0.1) is 0 Å². The Morgan fingerprint density at radius 2 is 1.52 bits per heavy atom. The van der Waals surface area contributed by atoms with Crippen molar-refractivity contribution in [2.24, 2.45) is 0 Å². The first-order valence-corrected chi connectivity index (χ1v) is 7.13. The monoisotopic (exact) mass is 299 g/mol. The van der Waals surface area contributed by atoms with Gasteiger partial charge < -0.3 is 5.11 Å². The summed E-state index contributed by atoms with van der Waals surface area (Å²) in [5, 5.41) is 18.6. The molecule has 0 spiro atoms. The minimum atomic E-state index is -0.984. The third kappa shape index (κ3) is 2.83. The van der Waals surface area contributed by atoms with E-state index in [1.54, 1.807) is 36.4 Å². The second-order valence-corrected chi connectivity index (χ2v) is 5.09.